The number of hydrogen-bond acceptors (Lipinski definition) is 10. The minimum absolute atomic E-state index is 0.00934. The van der Waals surface area contributed by atoms with E-state index in [2.05, 4.69) is 18.5 Å². The molecular weight excluding hydrogens is 462 g/mol. The first-order valence-electron chi connectivity index (χ1n) is 10.8. The number of allylic oxidation sites excluding steroid dienone is 2. The largest absolute Gasteiger partial charge is 0.506 e. The highest BCUT2D eigenvalue weighted by Gasteiger charge is 2.23. The first-order chi connectivity index (χ1) is 16.6. The minimum atomic E-state index is -0.882. The Morgan fingerprint density at radius 2 is 1.20 bits per heavy atom. The third-order valence-corrected chi connectivity index (χ3v) is 3.98. The van der Waals surface area contributed by atoms with Gasteiger partial charge in [0, 0.05) is 25.5 Å². The second kappa shape index (κ2) is 16.1. The summed E-state index contributed by atoms with van der Waals surface area (Å²) < 4.78 is 30.8. The van der Waals surface area contributed by atoms with Gasteiger partial charge in [-0.25, -0.2) is 9.59 Å². The molecule has 0 saturated heterocycles. The number of nitrogens with one attached hydrogen (secondary N) is 1. The standard InChI is InChI=1S/C24H33NO10/c1-16(2)34-14-30-8-6-10-32-23(28)20-12-19(25-18(5)26)13-21(22(20)27)24(29)33-11-7-9-31-15-35-17(3)4/h12-13,27H,1,3,6-11,14-15H2,2,4-5H3,(H,25,26). The maximum absolute atomic E-state index is 12.5. The van der Waals surface area contributed by atoms with Crippen LogP contribution in [0.3, 0.4) is 0 Å². The van der Waals surface area contributed by atoms with Crippen LogP contribution in [0, 0.1) is 0 Å². The van der Waals surface area contributed by atoms with Gasteiger partial charge in [0.1, 0.15) is 16.9 Å². The fraction of sp³-hybridized carbons (Fsp3) is 0.458. The van der Waals surface area contributed by atoms with E-state index in [1.165, 1.54) is 19.1 Å². The molecule has 2 N–H and O–H groups in total. The van der Waals surface area contributed by atoms with Gasteiger partial charge in [0.25, 0.3) is 0 Å². The number of hydrogen-bond donors (Lipinski definition) is 2. The van der Waals surface area contributed by atoms with Gasteiger partial charge >= 0.3 is 11.9 Å². The average Bonchev–Trinajstić information content (AvgIpc) is 2.77. The fourth-order valence-electron chi connectivity index (χ4n) is 2.43. The number of anilines is 1. The van der Waals surface area contributed by atoms with Crippen LogP contribution in [-0.4, -0.2) is 63.0 Å². The third kappa shape index (κ3) is 12.5. The van der Waals surface area contributed by atoms with Gasteiger partial charge in [0.2, 0.25) is 5.91 Å². The van der Waals surface area contributed by atoms with Crippen LogP contribution in [0.4, 0.5) is 5.69 Å². The molecule has 0 aliphatic rings. The Hall–Kier alpha value is -3.57. The Labute approximate surface area is 204 Å². The Bertz CT molecular complexity index is 835. The van der Waals surface area contributed by atoms with Crippen molar-refractivity contribution in [1.82, 2.24) is 0 Å². The number of carbonyl (C=O) groups is 3. The van der Waals surface area contributed by atoms with Gasteiger partial charge in [-0.15, -0.1) is 0 Å². The molecule has 35 heavy (non-hydrogen) atoms. The minimum Gasteiger partial charge on any atom is -0.506 e. The molecule has 0 aliphatic heterocycles. The summed E-state index contributed by atoms with van der Waals surface area (Å²) in [5.41, 5.74) is -0.472. The van der Waals surface area contributed by atoms with E-state index < -0.39 is 23.6 Å². The number of aromatic hydroxyl groups is 1. The Morgan fingerprint density at radius 1 is 0.771 bits per heavy atom. The number of benzene rings is 1. The van der Waals surface area contributed by atoms with Gasteiger partial charge in [0.05, 0.1) is 37.9 Å². The van der Waals surface area contributed by atoms with E-state index in [1.54, 1.807) is 13.8 Å². The fourth-order valence-corrected chi connectivity index (χ4v) is 2.43. The maximum Gasteiger partial charge on any atom is 0.342 e. The van der Waals surface area contributed by atoms with Gasteiger partial charge in [-0.2, -0.15) is 0 Å². The lowest BCUT2D eigenvalue weighted by Gasteiger charge is -2.13. The van der Waals surface area contributed by atoms with Gasteiger partial charge < -0.3 is 38.8 Å². The number of phenols is 1. The summed E-state index contributed by atoms with van der Waals surface area (Å²) in [6.07, 6.45) is 0.734. The number of esters is 2. The van der Waals surface area contributed by atoms with E-state index in [9.17, 15) is 19.5 Å². The highest BCUT2D eigenvalue weighted by Crippen LogP contribution is 2.29. The first-order valence-corrected chi connectivity index (χ1v) is 10.8. The molecule has 194 valence electrons. The average molecular weight is 496 g/mol. The van der Waals surface area contributed by atoms with Gasteiger partial charge in [-0.1, -0.05) is 13.2 Å². The number of carbonyl (C=O) groups excluding carboxylic acids is 3. The lowest BCUT2D eigenvalue weighted by Crippen LogP contribution is -2.15. The topological polar surface area (TPSA) is 139 Å². The SMILES string of the molecule is C=C(C)OCOCCCOC(=O)c1cc(NC(C)=O)cc(C(=O)OCCCOCOC(=C)C)c1O. The third-order valence-electron chi connectivity index (χ3n) is 3.98. The molecular formula is C24H33NO10. The van der Waals surface area contributed by atoms with Gasteiger partial charge in [-0.3, -0.25) is 4.79 Å². The van der Waals surface area contributed by atoms with Crippen LogP contribution in [0.1, 0.15) is 54.3 Å². The molecule has 1 amide bonds. The van der Waals surface area contributed by atoms with Crippen LogP contribution < -0.4 is 5.32 Å². The molecule has 1 rings (SSSR count). The van der Waals surface area contributed by atoms with Crippen molar-refractivity contribution < 1.29 is 47.9 Å². The summed E-state index contributed by atoms with van der Waals surface area (Å²) in [5.74, 6) is -1.78. The first kappa shape index (κ1) is 29.5. The van der Waals surface area contributed by atoms with Crippen molar-refractivity contribution in [3.63, 3.8) is 0 Å². The lowest BCUT2D eigenvalue weighted by atomic mass is 10.1. The molecule has 0 spiro atoms. The van der Waals surface area contributed by atoms with Crippen molar-refractivity contribution >= 4 is 23.5 Å². The molecule has 0 fully saturated rings. The van der Waals surface area contributed by atoms with Gasteiger partial charge in [0.15, 0.2) is 13.6 Å². The highest BCUT2D eigenvalue weighted by atomic mass is 16.7. The Balaban J connectivity index is 2.70. The smallest absolute Gasteiger partial charge is 0.342 e. The number of amides is 1. The summed E-state index contributed by atoms with van der Waals surface area (Å²) in [5, 5.41) is 13.0. The molecule has 0 atom stereocenters. The van der Waals surface area contributed by atoms with E-state index in [-0.39, 0.29) is 56.8 Å². The predicted molar refractivity (Wildman–Crippen MR) is 126 cm³/mol. The van der Waals surface area contributed by atoms with Crippen molar-refractivity contribution in [2.24, 2.45) is 0 Å². The molecule has 0 saturated carbocycles. The Kier molecular flexibility index (Phi) is 13.6. The zero-order chi connectivity index (χ0) is 26.2. The maximum atomic E-state index is 12.5. The Morgan fingerprint density at radius 3 is 1.57 bits per heavy atom. The monoisotopic (exact) mass is 495 g/mol. The van der Waals surface area contributed by atoms with E-state index in [4.69, 9.17) is 28.4 Å². The van der Waals surface area contributed by atoms with Gasteiger partial charge in [-0.05, 0) is 26.0 Å². The molecule has 1 aromatic rings. The van der Waals surface area contributed by atoms with Crippen molar-refractivity contribution in [1.29, 1.82) is 0 Å². The normalized spacial score (nSPS) is 10.3. The summed E-state index contributed by atoms with van der Waals surface area (Å²) >= 11 is 0. The van der Waals surface area contributed by atoms with E-state index >= 15 is 0 Å². The molecule has 0 aliphatic carbocycles. The highest BCUT2D eigenvalue weighted by molar-refractivity contribution is 6.03. The zero-order valence-electron chi connectivity index (χ0n) is 20.3. The molecule has 1 aromatic carbocycles. The van der Waals surface area contributed by atoms with Crippen LogP contribution in [0.2, 0.25) is 0 Å². The molecule has 0 unspecified atom stereocenters. The van der Waals surface area contributed by atoms with E-state index in [1.807, 2.05) is 0 Å². The second-order valence-electron chi connectivity index (χ2n) is 7.33. The van der Waals surface area contributed by atoms with Crippen molar-refractivity contribution in [2.45, 2.75) is 33.6 Å². The summed E-state index contributed by atoms with van der Waals surface area (Å²) in [6, 6.07) is 2.42. The molecule has 0 aromatic heterocycles. The molecule has 0 bridgehead atoms. The predicted octanol–water partition coefficient (Wildman–Crippen LogP) is 3.49. The van der Waals surface area contributed by atoms with Crippen molar-refractivity contribution in [2.75, 3.05) is 45.3 Å². The summed E-state index contributed by atoms with van der Waals surface area (Å²) in [7, 11) is 0. The van der Waals surface area contributed by atoms with Crippen LogP contribution in [0.15, 0.2) is 36.8 Å². The zero-order valence-corrected chi connectivity index (χ0v) is 20.3. The van der Waals surface area contributed by atoms with Crippen LogP contribution in [0.25, 0.3) is 0 Å². The molecule has 11 heteroatoms. The molecule has 0 heterocycles. The van der Waals surface area contributed by atoms with Crippen molar-refractivity contribution in [3.05, 3.63) is 47.9 Å². The number of ether oxygens (including phenoxy) is 6. The van der Waals surface area contributed by atoms with Crippen molar-refractivity contribution in [3.8, 4) is 5.75 Å². The van der Waals surface area contributed by atoms with Crippen LogP contribution in [0.5, 0.6) is 5.75 Å². The molecule has 0 radical (unpaired) electrons. The lowest BCUT2D eigenvalue weighted by molar-refractivity contribution is -0.114. The quantitative estimate of drug-likeness (QED) is 0.109. The molecule has 11 nitrogen and oxygen atoms in total. The second-order valence-corrected chi connectivity index (χ2v) is 7.33. The number of phenolic OH excluding ortho intramolecular Hbond substituents is 1. The summed E-state index contributed by atoms with van der Waals surface area (Å²) in [4.78, 5) is 36.5. The van der Waals surface area contributed by atoms with E-state index in [0.29, 0.717) is 24.4 Å². The van der Waals surface area contributed by atoms with E-state index in [0.717, 1.165) is 0 Å². The van der Waals surface area contributed by atoms with Crippen LogP contribution in [-0.2, 0) is 33.2 Å². The number of rotatable bonds is 17. The summed E-state index contributed by atoms with van der Waals surface area (Å²) in [6.45, 7) is 12.3. The van der Waals surface area contributed by atoms with Crippen LogP contribution >= 0.6 is 0 Å².